The molecule has 12 nitrogen and oxygen atoms in total. The van der Waals surface area contributed by atoms with E-state index >= 15 is 0 Å². The van der Waals surface area contributed by atoms with Crippen LogP contribution in [-0.4, -0.2) is 95.5 Å². The summed E-state index contributed by atoms with van der Waals surface area (Å²) in [4.78, 5) is 30.5. The van der Waals surface area contributed by atoms with Crippen LogP contribution in [0.15, 0.2) is 60.7 Å². The Labute approximate surface area is 290 Å². The lowest BCUT2D eigenvalue weighted by molar-refractivity contribution is 0.0701. The molecule has 2 rings (SSSR count). The molecular weight excluding hydrogens is 649 g/mol. The Balaban J connectivity index is 2.11. The lowest BCUT2D eigenvalue weighted by Gasteiger charge is -2.30. The van der Waals surface area contributed by atoms with E-state index in [9.17, 15) is 9.59 Å². The lowest BCUT2D eigenvalue weighted by atomic mass is 10.2. The van der Waals surface area contributed by atoms with Gasteiger partial charge in [0.2, 0.25) is 0 Å². The highest BCUT2D eigenvalue weighted by atomic mass is 28.4. The fourth-order valence-corrected chi connectivity index (χ4v) is 10.5. The third-order valence-electron chi connectivity index (χ3n) is 7.23. The molecule has 0 aliphatic carbocycles. The molecule has 4 amide bonds. The summed E-state index contributed by atoms with van der Waals surface area (Å²) in [7, 11) is -5.62. The first-order valence-corrected chi connectivity index (χ1v) is 21.2. The maximum absolute atomic E-state index is 13.6. The van der Waals surface area contributed by atoms with E-state index in [1.807, 2.05) is 102 Å². The molecule has 0 saturated carbocycles. The lowest BCUT2D eigenvalue weighted by Crippen LogP contribution is -2.49. The number of anilines is 2. The Morgan fingerprint density at radius 3 is 1.08 bits per heavy atom. The van der Waals surface area contributed by atoms with Gasteiger partial charge in [-0.2, -0.15) is 0 Å². The third-order valence-corrected chi connectivity index (χ3v) is 13.5. The van der Waals surface area contributed by atoms with Gasteiger partial charge in [0.15, 0.2) is 0 Å². The van der Waals surface area contributed by atoms with Crippen LogP contribution in [0, 0.1) is 0 Å². The summed E-state index contributed by atoms with van der Waals surface area (Å²) in [5, 5.41) is 6.10. The van der Waals surface area contributed by atoms with E-state index in [1.165, 1.54) is 0 Å². The normalized spacial score (nSPS) is 11.7. The molecule has 0 aliphatic heterocycles. The highest BCUT2D eigenvalue weighted by Gasteiger charge is 2.40. The van der Waals surface area contributed by atoms with Crippen LogP contribution in [-0.2, 0) is 26.6 Å². The van der Waals surface area contributed by atoms with Crippen LogP contribution in [0.5, 0.6) is 0 Å². The number of para-hydroxylation sites is 2. The Bertz CT molecular complexity index is 1030. The molecular formula is C34H58N4O8Si2. The van der Waals surface area contributed by atoms with Gasteiger partial charge in [0.25, 0.3) is 0 Å². The zero-order valence-corrected chi connectivity index (χ0v) is 31.8. The number of amides is 4. The van der Waals surface area contributed by atoms with Gasteiger partial charge in [0, 0.05) is 89.3 Å². The molecule has 2 aromatic rings. The highest BCUT2D eigenvalue weighted by Crippen LogP contribution is 2.21. The average molecular weight is 707 g/mol. The van der Waals surface area contributed by atoms with Crippen LogP contribution in [0.25, 0.3) is 0 Å². The Morgan fingerprint density at radius 2 is 0.812 bits per heavy atom. The summed E-state index contributed by atoms with van der Waals surface area (Å²) in [5.41, 5.74) is 1.46. The number of urea groups is 2. The predicted molar refractivity (Wildman–Crippen MR) is 194 cm³/mol. The summed E-state index contributed by atoms with van der Waals surface area (Å²) >= 11 is 0. The van der Waals surface area contributed by atoms with Gasteiger partial charge < -0.3 is 37.2 Å². The van der Waals surface area contributed by atoms with E-state index < -0.39 is 17.6 Å². The van der Waals surface area contributed by atoms with Gasteiger partial charge in [-0.05, 0) is 78.6 Å². The number of hydrogen-bond donors (Lipinski definition) is 2. The van der Waals surface area contributed by atoms with Gasteiger partial charge in [0.05, 0.1) is 0 Å². The van der Waals surface area contributed by atoms with Crippen molar-refractivity contribution >= 4 is 41.0 Å². The van der Waals surface area contributed by atoms with Crippen LogP contribution in [0.3, 0.4) is 0 Å². The molecule has 0 unspecified atom stereocenters. The number of carbonyl (C=O) groups is 2. The minimum absolute atomic E-state index is 0.254. The molecule has 0 heterocycles. The van der Waals surface area contributed by atoms with Crippen molar-refractivity contribution in [3.8, 4) is 0 Å². The van der Waals surface area contributed by atoms with E-state index in [-0.39, 0.29) is 25.2 Å². The maximum atomic E-state index is 13.6. The second-order valence-electron chi connectivity index (χ2n) is 10.6. The molecule has 0 aromatic heterocycles. The molecule has 0 fully saturated rings. The fraction of sp³-hybridized carbons (Fsp3) is 0.588. The van der Waals surface area contributed by atoms with E-state index in [0.717, 1.165) is 11.4 Å². The average Bonchev–Trinajstić information content (AvgIpc) is 3.08. The molecule has 0 atom stereocenters. The molecule has 0 spiro atoms. The van der Waals surface area contributed by atoms with Crippen LogP contribution in [0.1, 0.15) is 54.4 Å². The van der Waals surface area contributed by atoms with Crippen LogP contribution >= 0.6 is 0 Å². The van der Waals surface area contributed by atoms with E-state index in [2.05, 4.69) is 10.6 Å². The first-order valence-electron chi connectivity index (χ1n) is 17.4. The van der Waals surface area contributed by atoms with Crippen molar-refractivity contribution in [3.63, 3.8) is 0 Å². The van der Waals surface area contributed by atoms with Crippen molar-refractivity contribution in [2.24, 2.45) is 0 Å². The minimum Gasteiger partial charge on any atom is -0.374 e. The topological polar surface area (TPSA) is 120 Å². The quantitative estimate of drug-likeness (QED) is 0.0913. The van der Waals surface area contributed by atoms with E-state index in [1.54, 1.807) is 9.80 Å². The first kappa shape index (κ1) is 41.3. The minimum atomic E-state index is -2.81. The second kappa shape index (κ2) is 23.5. The van der Waals surface area contributed by atoms with Crippen LogP contribution in [0.2, 0.25) is 12.1 Å². The molecule has 2 N–H and O–H groups in total. The zero-order valence-electron chi connectivity index (χ0n) is 29.8. The molecule has 0 saturated heterocycles. The molecule has 48 heavy (non-hydrogen) atoms. The smallest absolute Gasteiger partial charge is 0.374 e. The van der Waals surface area contributed by atoms with E-state index in [0.29, 0.717) is 77.7 Å². The number of hydrogen-bond acceptors (Lipinski definition) is 8. The van der Waals surface area contributed by atoms with Gasteiger partial charge in [-0.1, -0.05) is 36.4 Å². The SMILES string of the molecule is CCO[Si](CCCNC(=O)N(CCN(C(=O)NCCC[Si](OCC)(OCC)OCC)c1ccccc1)c1ccccc1)(OCC)OCC. The van der Waals surface area contributed by atoms with Crippen molar-refractivity contribution in [2.75, 3.05) is 75.6 Å². The zero-order chi connectivity index (χ0) is 35.1. The number of nitrogens with zero attached hydrogens (tertiary/aromatic N) is 2. The van der Waals surface area contributed by atoms with Crippen molar-refractivity contribution in [3.05, 3.63) is 60.7 Å². The Hall–Kier alpha value is -2.83. The second-order valence-corrected chi connectivity index (χ2v) is 16.1. The number of carbonyl (C=O) groups excluding carboxylic acids is 2. The molecule has 2 aromatic carbocycles. The first-order chi connectivity index (χ1) is 23.3. The monoisotopic (exact) mass is 706 g/mol. The summed E-state index contributed by atoms with van der Waals surface area (Å²) in [6.45, 7) is 16.0. The largest absolute Gasteiger partial charge is 0.500 e. The molecule has 270 valence electrons. The molecule has 0 radical (unpaired) electrons. The van der Waals surface area contributed by atoms with Crippen molar-refractivity contribution in [2.45, 2.75) is 66.5 Å². The standard InChI is InChI=1S/C34H58N4O8Si2/c1-7-41-47(42-8-2,43-9-3)29-19-25-35-33(39)37(31-21-15-13-16-22-31)27-28-38(32-23-17-14-18-24-32)34(40)36-26-20-30-48(44-10-4,45-11-5)46-12-6/h13-18,21-24H,7-12,19-20,25-30H2,1-6H3,(H,35,39)(H,36,40). The van der Waals surface area contributed by atoms with Gasteiger partial charge >= 0.3 is 29.7 Å². The van der Waals surface area contributed by atoms with Gasteiger partial charge in [-0.25, -0.2) is 9.59 Å². The van der Waals surface area contributed by atoms with Crippen molar-refractivity contribution in [1.82, 2.24) is 10.6 Å². The van der Waals surface area contributed by atoms with Crippen molar-refractivity contribution in [1.29, 1.82) is 0 Å². The van der Waals surface area contributed by atoms with Crippen LogP contribution in [0.4, 0.5) is 21.0 Å². The highest BCUT2D eigenvalue weighted by molar-refractivity contribution is 6.61. The summed E-state index contributed by atoms with van der Waals surface area (Å²) < 4.78 is 35.8. The fourth-order valence-electron chi connectivity index (χ4n) is 5.31. The van der Waals surface area contributed by atoms with Gasteiger partial charge in [-0.15, -0.1) is 0 Å². The Kier molecular flexibility index (Phi) is 20.3. The molecule has 14 heteroatoms. The third kappa shape index (κ3) is 14.0. The maximum Gasteiger partial charge on any atom is 0.500 e. The van der Waals surface area contributed by atoms with Gasteiger partial charge in [-0.3, -0.25) is 9.80 Å². The molecule has 0 aliphatic rings. The number of nitrogens with one attached hydrogen (secondary N) is 2. The predicted octanol–water partition coefficient (Wildman–Crippen LogP) is 6.30. The summed E-state index contributed by atoms with van der Waals surface area (Å²) in [6, 6.07) is 19.6. The van der Waals surface area contributed by atoms with E-state index in [4.69, 9.17) is 26.6 Å². The number of benzene rings is 2. The Morgan fingerprint density at radius 1 is 0.521 bits per heavy atom. The number of rotatable bonds is 25. The van der Waals surface area contributed by atoms with Gasteiger partial charge in [0.1, 0.15) is 0 Å². The molecule has 0 bridgehead atoms. The van der Waals surface area contributed by atoms with Crippen molar-refractivity contribution < 1.29 is 36.1 Å². The summed E-state index contributed by atoms with van der Waals surface area (Å²) in [6.07, 6.45) is 1.28. The summed E-state index contributed by atoms with van der Waals surface area (Å²) in [5.74, 6) is 0. The van der Waals surface area contributed by atoms with Crippen LogP contribution < -0.4 is 20.4 Å².